The van der Waals surface area contributed by atoms with E-state index in [4.69, 9.17) is 16.6 Å². The largest absolute Gasteiger partial charge is 0.394 e. The van der Waals surface area contributed by atoms with Crippen molar-refractivity contribution in [2.45, 2.75) is 69.4 Å². The van der Waals surface area contributed by atoms with E-state index in [1.807, 2.05) is 43.3 Å². The van der Waals surface area contributed by atoms with Crippen LogP contribution in [0.2, 0.25) is 0 Å². The lowest BCUT2D eigenvalue weighted by molar-refractivity contribution is -0.164. The van der Waals surface area contributed by atoms with E-state index in [0.717, 1.165) is 33.3 Å². The molecule has 4 amide bonds. The van der Waals surface area contributed by atoms with Crippen LogP contribution in [0, 0.1) is 0 Å². The van der Waals surface area contributed by atoms with Gasteiger partial charge >= 0.3 is 0 Å². The molecule has 0 fully saturated rings. The molecule has 1 heterocycles. The van der Waals surface area contributed by atoms with E-state index in [-0.39, 0.29) is 25.5 Å². The highest BCUT2D eigenvalue weighted by Crippen LogP contribution is 2.31. The Morgan fingerprint density at radius 1 is 0.839 bits per heavy atom. The van der Waals surface area contributed by atoms with Gasteiger partial charge in [-0.25, -0.2) is 0 Å². The van der Waals surface area contributed by atoms with Gasteiger partial charge in [-0.2, -0.15) is 0 Å². The fraction of sp³-hybridized carbons (Fsp3) is 0.395. The lowest BCUT2D eigenvalue weighted by Crippen LogP contribution is -2.58. The Labute approximate surface area is 322 Å². The van der Waals surface area contributed by atoms with Gasteiger partial charge in [-0.15, -0.1) is 0 Å². The minimum Gasteiger partial charge on any atom is -0.394 e. The topological polar surface area (TPSA) is 298 Å². The number of carbonyl (C=O) groups excluding carboxylic acids is 4. The molecule has 0 aliphatic heterocycles. The number of nitrogens with one attached hydrogen (secondary N) is 3. The van der Waals surface area contributed by atoms with E-state index in [9.17, 15) is 44.7 Å². The maximum atomic E-state index is 13.6. The third-order valence-corrected chi connectivity index (χ3v) is 9.21. The first kappa shape index (κ1) is 43.1. The number of aryl methyl sites for hydroxylation is 1. The van der Waals surface area contributed by atoms with Crippen molar-refractivity contribution in [1.82, 2.24) is 20.1 Å². The maximum absolute atomic E-state index is 13.6. The fourth-order valence-corrected chi connectivity index (χ4v) is 6.29. The molecule has 0 unspecified atom stereocenters. The minimum absolute atomic E-state index is 0.106. The van der Waals surface area contributed by atoms with Gasteiger partial charge in [0.25, 0.3) is 5.91 Å². The molecule has 0 radical (unpaired) electrons. The van der Waals surface area contributed by atoms with Gasteiger partial charge in [0.2, 0.25) is 17.7 Å². The lowest BCUT2D eigenvalue weighted by Gasteiger charge is -2.34. The van der Waals surface area contributed by atoms with Crippen LogP contribution >= 0.6 is 0 Å². The summed E-state index contributed by atoms with van der Waals surface area (Å²) in [6.45, 7) is -0.0977. The number of anilines is 1. The van der Waals surface area contributed by atoms with Crippen molar-refractivity contribution < 1.29 is 49.8 Å². The van der Waals surface area contributed by atoms with Crippen molar-refractivity contribution in [2.24, 2.45) is 16.5 Å². The summed E-state index contributed by atoms with van der Waals surface area (Å²) >= 11 is 0. The first-order chi connectivity index (χ1) is 26.8. The van der Waals surface area contributed by atoms with Gasteiger partial charge in [0, 0.05) is 47.1 Å². The quantitative estimate of drug-likeness (QED) is 0.0270. The summed E-state index contributed by atoms with van der Waals surface area (Å²) in [6.07, 6.45) is -8.32. The van der Waals surface area contributed by atoms with Gasteiger partial charge in [0.1, 0.15) is 30.4 Å². The van der Waals surface area contributed by atoms with Crippen LogP contribution in [0.5, 0.6) is 0 Å². The summed E-state index contributed by atoms with van der Waals surface area (Å²) < 4.78 is 2.16. The number of rotatable bonds is 20. The van der Waals surface area contributed by atoms with Crippen LogP contribution in [0.15, 0.2) is 77.8 Å². The number of aliphatic hydroxyl groups is 6. The molecule has 4 aromatic rings. The van der Waals surface area contributed by atoms with Crippen molar-refractivity contribution in [2.75, 3.05) is 31.6 Å². The van der Waals surface area contributed by atoms with Crippen LogP contribution in [-0.2, 0) is 32.3 Å². The summed E-state index contributed by atoms with van der Waals surface area (Å²) in [6, 6.07) is 18.7. The summed E-state index contributed by atoms with van der Waals surface area (Å²) in [5.74, 6) is -3.83. The zero-order chi connectivity index (χ0) is 40.9. The van der Waals surface area contributed by atoms with E-state index in [0.29, 0.717) is 17.7 Å². The Morgan fingerprint density at radius 2 is 1.52 bits per heavy atom. The Kier molecular flexibility index (Phi) is 15.7. The van der Waals surface area contributed by atoms with E-state index < -0.39 is 79.9 Å². The third kappa shape index (κ3) is 10.8. The molecular weight excluding hydrogens is 728 g/mol. The van der Waals surface area contributed by atoms with Crippen LogP contribution in [0.4, 0.5) is 5.69 Å². The molecule has 0 bridgehead atoms. The van der Waals surface area contributed by atoms with Gasteiger partial charge in [-0.3, -0.25) is 24.2 Å². The summed E-state index contributed by atoms with van der Waals surface area (Å²) in [4.78, 5) is 58.4. The van der Waals surface area contributed by atoms with E-state index >= 15 is 0 Å². The SMILES string of the molecule is CCn1c2ccccc2c2cc(NC(=O)[C@H](CCCN=C(N)N)NC(=O)CNC(=O)[C@H](CO)N(Cc3ccccc3)C(=O)[C@H](O)[C@@H](O)[C@H](O)[C@H](O)CO)ccc21. The van der Waals surface area contributed by atoms with Crippen molar-refractivity contribution in [3.8, 4) is 0 Å². The van der Waals surface area contributed by atoms with E-state index in [1.165, 1.54) is 0 Å². The van der Waals surface area contributed by atoms with Crippen molar-refractivity contribution in [1.29, 1.82) is 0 Å². The highest BCUT2D eigenvalue weighted by Gasteiger charge is 2.40. The number of fused-ring (bicyclic) bond motifs is 3. The first-order valence-corrected chi connectivity index (χ1v) is 18.0. The fourth-order valence-electron chi connectivity index (χ4n) is 6.29. The molecule has 13 N–H and O–H groups in total. The molecule has 18 nitrogen and oxygen atoms in total. The highest BCUT2D eigenvalue weighted by atomic mass is 16.4. The third-order valence-electron chi connectivity index (χ3n) is 9.21. The van der Waals surface area contributed by atoms with Crippen LogP contribution in [0.3, 0.4) is 0 Å². The van der Waals surface area contributed by atoms with Crippen LogP contribution in [0.25, 0.3) is 21.8 Å². The molecule has 56 heavy (non-hydrogen) atoms. The molecule has 0 spiro atoms. The molecule has 0 saturated carbocycles. The number of nitrogens with zero attached hydrogens (tertiary/aromatic N) is 3. The molecule has 4 rings (SSSR count). The number of amides is 4. The molecule has 0 saturated heterocycles. The highest BCUT2D eigenvalue weighted by molar-refractivity contribution is 6.10. The van der Waals surface area contributed by atoms with Gasteiger partial charge in [0.15, 0.2) is 12.1 Å². The number of aromatic nitrogens is 1. The first-order valence-electron chi connectivity index (χ1n) is 18.0. The maximum Gasteiger partial charge on any atom is 0.255 e. The minimum atomic E-state index is -2.40. The molecular formula is C38H50N8O10. The summed E-state index contributed by atoms with van der Waals surface area (Å²) in [5, 5.41) is 70.0. The molecule has 0 aliphatic carbocycles. The molecule has 18 heteroatoms. The Balaban J connectivity index is 1.49. The number of guanidine groups is 1. The number of benzene rings is 3. The van der Waals surface area contributed by atoms with Crippen molar-refractivity contribution >= 4 is 57.1 Å². The number of hydrogen-bond donors (Lipinski definition) is 11. The van der Waals surface area contributed by atoms with Crippen LogP contribution < -0.4 is 27.4 Å². The Bertz CT molecular complexity index is 1990. The average Bonchev–Trinajstić information content (AvgIpc) is 3.52. The molecule has 6 atom stereocenters. The van der Waals surface area contributed by atoms with Gasteiger partial charge in [-0.1, -0.05) is 48.5 Å². The molecule has 302 valence electrons. The predicted octanol–water partition coefficient (Wildman–Crippen LogP) is -1.77. The smallest absolute Gasteiger partial charge is 0.255 e. The van der Waals surface area contributed by atoms with Gasteiger partial charge in [-0.05, 0) is 49.6 Å². The standard InChI is InChI=1S/C38H50N8O10/c1-2-45-27-13-7-6-11-24(27)25-17-23(14-15-28(25)45)43-35(54)26(12-8-16-41-38(39)40)44-31(50)18-42-36(55)29(20-47)46(19-22-9-4-3-5-10-22)37(56)34(53)33(52)32(51)30(49)21-48/h3-7,9-11,13-15,17,26,29-30,32-34,47-49,51-53H,2,8,12,16,18-21H2,1H3,(H,42,55)(H,43,54)(H,44,50)(H4,39,40,41)/t26-,29-,30+,32+,33-,34+/m0/s1. The predicted molar refractivity (Wildman–Crippen MR) is 208 cm³/mol. The second kappa shape index (κ2) is 20.3. The Morgan fingerprint density at radius 3 is 2.18 bits per heavy atom. The van der Waals surface area contributed by atoms with Crippen molar-refractivity contribution in [3.63, 3.8) is 0 Å². The number of hydrogen-bond acceptors (Lipinski definition) is 11. The normalized spacial score (nSPS) is 14.6. The number of aliphatic imine (C=N–C) groups is 1. The van der Waals surface area contributed by atoms with E-state index in [2.05, 4.69) is 25.5 Å². The zero-order valence-corrected chi connectivity index (χ0v) is 30.9. The van der Waals surface area contributed by atoms with E-state index in [1.54, 1.807) is 36.4 Å². The van der Waals surface area contributed by atoms with Crippen LogP contribution in [0.1, 0.15) is 25.3 Å². The number of aliphatic hydroxyl groups excluding tert-OH is 6. The second-order valence-electron chi connectivity index (χ2n) is 13.1. The second-order valence-corrected chi connectivity index (χ2v) is 13.1. The lowest BCUT2D eigenvalue weighted by atomic mass is 10.0. The number of para-hydroxylation sites is 1. The van der Waals surface area contributed by atoms with Crippen LogP contribution in [-0.4, -0.2) is 132 Å². The van der Waals surface area contributed by atoms with Crippen molar-refractivity contribution in [3.05, 3.63) is 78.4 Å². The van der Waals surface area contributed by atoms with Gasteiger partial charge < -0.3 is 67.5 Å². The molecule has 3 aromatic carbocycles. The monoisotopic (exact) mass is 778 g/mol. The van der Waals surface area contributed by atoms with Gasteiger partial charge in [0.05, 0.1) is 19.8 Å². The Hall–Kier alpha value is -5.63. The molecule has 0 aliphatic rings. The average molecular weight is 779 g/mol. The molecule has 1 aromatic heterocycles. The summed E-state index contributed by atoms with van der Waals surface area (Å²) in [5.41, 5.74) is 13.8. The zero-order valence-electron chi connectivity index (χ0n) is 30.9. The number of nitrogens with two attached hydrogens (primary N) is 2. The number of carbonyl (C=O) groups is 4. The summed E-state index contributed by atoms with van der Waals surface area (Å²) in [7, 11) is 0.